The first-order chi connectivity index (χ1) is 13.0. The maximum Gasteiger partial charge on any atom is 0.269 e. The van der Waals surface area contributed by atoms with Crippen molar-refractivity contribution in [2.24, 2.45) is 0 Å². The van der Waals surface area contributed by atoms with Crippen molar-refractivity contribution < 1.29 is 19.2 Å². The Labute approximate surface area is 164 Å². The minimum atomic E-state index is -0.451. The van der Waals surface area contributed by atoms with Crippen molar-refractivity contribution in [3.63, 3.8) is 0 Å². The molecule has 2 aromatic rings. The Morgan fingerprint density at radius 2 is 1.96 bits per heavy atom. The molecule has 3 rings (SSSR count). The lowest BCUT2D eigenvalue weighted by Crippen LogP contribution is -2.17. The van der Waals surface area contributed by atoms with E-state index in [-0.39, 0.29) is 18.2 Å². The summed E-state index contributed by atoms with van der Waals surface area (Å²) < 4.78 is 11.5. The van der Waals surface area contributed by atoms with Crippen LogP contribution in [0.4, 0.5) is 5.69 Å². The van der Waals surface area contributed by atoms with Gasteiger partial charge in [0.05, 0.1) is 16.9 Å². The molecular formula is C18H14N2O5S2. The van der Waals surface area contributed by atoms with Crippen LogP contribution in [0.15, 0.2) is 47.4 Å². The quantitative estimate of drug-likeness (QED) is 0.341. The van der Waals surface area contributed by atoms with Crippen LogP contribution in [0.5, 0.6) is 11.5 Å². The number of benzene rings is 2. The Kier molecular flexibility index (Phi) is 5.72. The molecular weight excluding hydrogens is 388 g/mol. The number of carbonyl (C=O) groups is 1. The minimum Gasteiger partial charge on any atom is -0.493 e. The van der Waals surface area contributed by atoms with Gasteiger partial charge in [0.25, 0.3) is 11.6 Å². The molecule has 1 saturated heterocycles. The second kappa shape index (κ2) is 8.19. The summed E-state index contributed by atoms with van der Waals surface area (Å²) in [5, 5.41) is 13.3. The Balaban J connectivity index is 1.77. The average molecular weight is 402 g/mol. The molecule has 1 aliphatic rings. The fraction of sp³-hybridized carbons (Fsp3) is 0.111. The van der Waals surface area contributed by atoms with E-state index < -0.39 is 4.92 Å². The number of nitrogens with zero attached hydrogens (tertiary/aromatic N) is 1. The number of thiocarbonyl (C=S) groups is 1. The standard InChI is InChI=1S/C18H14N2O5S2/c1-24-14-7-4-12(9-16-17(21)19-18(26)27-16)8-15(14)25-10-11-2-5-13(6-3-11)20(22)23/h2-9H,10H2,1H3,(H,19,21,26)/b16-9+. The van der Waals surface area contributed by atoms with Crippen LogP contribution in [0.3, 0.4) is 0 Å². The van der Waals surface area contributed by atoms with Crippen LogP contribution in [-0.4, -0.2) is 22.3 Å². The molecule has 0 aromatic heterocycles. The van der Waals surface area contributed by atoms with Gasteiger partial charge in [0.1, 0.15) is 10.9 Å². The molecule has 2 aromatic carbocycles. The lowest BCUT2D eigenvalue weighted by Gasteiger charge is -2.11. The second-order valence-corrected chi connectivity index (χ2v) is 7.19. The zero-order chi connectivity index (χ0) is 19.4. The van der Waals surface area contributed by atoms with Gasteiger partial charge in [0.15, 0.2) is 11.5 Å². The summed E-state index contributed by atoms with van der Waals surface area (Å²) in [7, 11) is 1.53. The number of amides is 1. The molecule has 9 heteroatoms. The molecule has 1 amide bonds. The first-order valence-corrected chi connectivity index (χ1v) is 8.98. The number of nitro benzene ring substituents is 1. The van der Waals surface area contributed by atoms with E-state index in [0.29, 0.717) is 20.7 Å². The van der Waals surface area contributed by atoms with E-state index >= 15 is 0 Å². The number of rotatable bonds is 6. The fourth-order valence-corrected chi connectivity index (χ4v) is 3.39. The third-order valence-electron chi connectivity index (χ3n) is 3.67. The SMILES string of the molecule is COc1ccc(/C=C2/SC(=S)NC2=O)cc1OCc1ccc([N+](=O)[O-])cc1. The number of thioether (sulfide) groups is 1. The smallest absolute Gasteiger partial charge is 0.269 e. The van der Waals surface area contributed by atoms with E-state index in [0.717, 1.165) is 11.1 Å². The number of carbonyl (C=O) groups excluding carboxylic acids is 1. The van der Waals surface area contributed by atoms with Crippen molar-refractivity contribution >= 4 is 46.0 Å². The summed E-state index contributed by atoms with van der Waals surface area (Å²) in [5.41, 5.74) is 1.56. The van der Waals surface area contributed by atoms with Gasteiger partial charge < -0.3 is 14.8 Å². The zero-order valence-electron chi connectivity index (χ0n) is 14.1. The van der Waals surface area contributed by atoms with E-state index in [9.17, 15) is 14.9 Å². The van der Waals surface area contributed by atoms with E-state index in [1.165, 1.54) is 31.0 Å². The molecule has 7 nitrogen and oxygen atoms in total. The van der Waals surface area contributed by atoms with Crippen LogP contribution >= 0.6 is 24.0 Å². The summed E-state index contributed by atoms with van der Waals surface area (Å²) in [6.45, 7) is 0.216. The van der Waals surface area contributed by atoms with Crippen LogP contribution in [-0.2, 0) is 11.4 Å². The maximum absolute atomic E-state index is 11.8. The molecule has 0 saturated carbocycles. The van der Waals surface area contributed by atoms with Crippen molar-refractivity contribution in [3.8, 4) is 11.5 Å². The van der Waals surface area contributed by atoms with Crippen molar-refractivity contribution in [2.45, 2.75) is 6.61 Å². The predicted octanol–water partition coefficient (Wildman–Crippen LogP) is 3.67. The van der Waals surface area contributed by atoms with Gasteiger partial charge in [-0.25, -0.2) is 0 Å². The lowest BCUT2D eigenvalue weighted by atomic mass is 10.1. The van der Waals surface area contributed by atoms with Crippen LogP contribution in [0.1, 0.15) is 11.1 Å². The fourth-order valence-electron chi connectivity index (χ4n) is 2.34. The Bertz CT molecular complexity index is 941. The Hall–Kier alpha value is -2.91. The number of hydrogen-bond acceptors (Lipinski definition) is 7. The van der Waals surface area contributed by atoms with Crippen LogP contribution in [0, 0.1) is 10.1 Å². The number of methoxy groups -OCH3 is 1. The van der Waals surface area contributed by atoms with E-state index in [4.69, 9.17) is 21.7 Å². The first-order valence-electron chi connectivity index (χ1n) is 7.75. The van der Waals surface area contributed by atoms with Crippen LogP contribution in [0.25, 0.3) is 6.08 Å². The van der Waals surface area contributed by atoms with Crippen LogP contribution in [0.2, 0.25) is 0 Å². The Morgan fingerprint density at radius 3 is 2.56 bits per heavy atom. The summed E-state index contributed by atoms with van der Waals surface area (Å²) in [4.78, 5) is 22.6. The maximum atomic E-state index is 11.8. The van der Waals surface area contributed by atoms with E-state index in [2.05, 4.69) is 5.32 Å². The first kappa shape index (κ1) is 18.9. The van der Waals surface area contributed by atoms with Gasteiger partial charge in [-0.1, -0.05) is 30.0 Å². The third kappa shape index (κ3) is 4.63. The highest BCUT2D eigenvalue weighted by Crippen LogP contribution is 2.32. The molecule has 0 unspecified atom stereocenters. The molecule has 138 valence electrons. The molecule has 0 aliphatic carbocycles. The molecule has 0 bridgehead atoms. The highest BCUT2D eigenvalue weighted by molar-refractivity contribution is 8.26. The van der Waals surface area contributed by atoms with Crippen LogP contribution < -0.4 is 14.8 Å². The van der Waals surface area contributed by atoms with Crippen molar-refractivity contribution in [3.05, 3.63) is 68.6 Å². The van der Waals surface area contributed by atoms with Crippen molar-refractivity contribution in [1.29, 1.82) is 0 Å². The molecule has 1 aliphatic heterocycles. The molecule has 0 radical (unpaired) electrons. The summed E-state index contributed by atoms with van der Waals surface area (Å²) >= 11 is 6.18. The number of ether oxygens (including phenoxy) is 2. The van der Waals surface area contributed by atoms with Gasteiger partial charge in [0.2, 0.25) is 0 Å². The van der Waals surface area contributed by atoms with Gasteiger partial charge in [-0.15, -0.1) is 0 Å². The molecule has 0 spiro atoms. The summed E-state index contributed by atoms with van der Waals surface area (Å²) in [5.74, 6) is 0.809. The lowest BCUT2D eigenvalue weighted by molar-refractivity contribution is -0.384. The van der Waals surface area contributed by atoms with Gasteiger partial charge in [-0.3, -0.25) is 14.9 Å². The number of nitrogens with one attached hydrogen (secondary N) is 1. The van der Waals surface area contributed by atoms with Gasteiger partial charge in [0, 0.05) is 12.1 Å². The molecule has 27 heavy (non-hydrogen) atoms. The van der Waals surface area contributed by atoms with Gasteiger partial charge in [-0.2, -0.15) is 0 Å². The van der Waals surface area contributed by atoms with E-state index in [1.54, 1.807) is 36.4 Å². The number of nitro groups is 1. The van der Waals surface area contributed by atoms with Crippen molar-refractivity contribution in [1.82, 2.24) is 5.32 Å². The average Bonchev–Trinajstić information content (AvgIpc) is 2.97. The largest absolute Gasteiger partial charge is 0.493 e. The molecule has 0 atom stereocenters. The molecule has 1 N–H and O–H groups in total. The second-order valence-electron chi connectivity index (χ2n) is 5.47. The number of non-ortho nitro benzene ring substituents is 1. The highest BCUT2D eigenvalue weighted by Gasteiger charge is 2.22. The topological polar surface area (TPSA) is 90.7 Å². The third-order valence-corrected chi connectivity index (χ3v) is 4.83. The Morgan fingerprint density at radius 1 is 1.22 bits per heavy atom. The zero-order valence-corrected chi connectivity index (χ0v) is 15.8. The predicted molar refractivity (Wildman–Crippen MR) is 107 cm³/mol. The molecule has 1 fully saturated rings. The minimum absolute atomic E-state index is 0.0233. The van der Waals surface area contributed by atoms with Gasteiger partial charge in [-0.05, 0) is 41.5 Å². The highest BCUT2D eigenvalue weighted by atomic mass is 32.2. The van der Waals surface area contributed by atoms with E-state index in [1.807, 2.05) is 0 Å². The number of hydrogen-bond donors (Lipinski definition) is 1. The van der Waals surface area contributed by atoms with Crippen molar-refractivity contribution in [2.75, 3.05) is 7.11 Å². The van der Waals surface area contributed by atoms with Gasteiger partial charge >= 0.3 is 0 Å². The normalized spacial score (nSPS) is 14.9. The molecule has 1 heterocycles. The summed E-state index contributed by atoms with van der Waals surface area (Å²) in [6.07, 6.45) is 1.72. The summed E-state index contributed by atoms with van der Waals surface area (Å²) in [6, 6.07) is 11.4. The monoisotopic (exact) mass is 402 g/mol.